The molecule has 0 saturated carbocycles. The van der Waals surface area contributed by atoms with Gasteiger partial charge in [-0.15, -0.1) is 0 Å². The zero-order valence-electron chi connectivity index (χ0n) is 16.8. The predicted molar refractivity (Wildman–Crippen MR) is 111 cm³/mol. The van der Waals surface area contributed by atoms with Crippen LogP contribution >= 0.6 is 0 Å². The van der Waals surface area contributed by atoms with Gasteiger partial charge in [-0.1, -0.05) is 6.07 Å². The Kier molecular flexibility index (Phi) is 5.82. The van der Waals surface area contributed by atoms with E-state index in [2.05, 4.69) is 10.3 Å². The van der Waals surface area contributed by atoms with Gasteiger partial charge < -0.3 is 10.1 Å². The topological polar surface area (TPSA) is 75.0 Å². The van der Waals surface area contributed by atoms with Gasteiger partial charge in [0, 0.05) is 24.0 Å². The van der Waals surface area contributed by atoms with E-state index >= 15 is 0 Å². The van der Waals surface area contributed by atoms with Crippen LogP contribution in [0.4, 0.5) is 18.9 Å². The minimum Gasteiger partial charge on any atom is -0.457 e. The third kappa shape index (κ3) is 4.89. The van der Waals surface area contributed by atoms with E-state index in [0.717, 1.165) is 23.3 Å². The van der Waals surface area contributed by atoms with E-state index in [1.165, 1.54) is 6.07 Å². The van der Waals surface area contributed by atoms with Gasteiger partial charge in [0.15, 0.2) is 0 Å². The first kappa shape index (κ1) is 21.4. The number of nitrogens with zero attached hydrogens (tertiary/aromatic N) is 2. The quantitative estimate of drug-likeness (QED) is 0.584. The molecular weight excluding hydrogens is 419 g/mol. The number of pyridine rings is 1. The number of nitrogens with one attached hydrogen (secondary N) is 1. The smallest absolute Gasteiger partial charge is 0.416 e. The largest absolute Gasteiger partial charge is 0.457 e. The number of fused-ring (bicyclic) bond motifs is 1. The number of halogens is 3. The van der Waals surface area contributed by atoms with Crippen LogP contribution in [-0.2, 0) is 23.8 Å². The molecule has 0 saturated heterocycles. The maximum Gasteiger partial charge on any atom is 0.416 e. The number of alkyl halides is 3. The number of anilines is 1. The molecule has 1 amide bonds. The molecule has 8 heteroatoms. The molecule has 0 fully saturated rings. The van der Waals surface area contributed by atoms with E-state index in [4.69, 9.17) is 10.00 Å². The molecule has 2 aromatic carbocycles. The number of carbonyl (C=O) groups excluding carboxylic acids is 1. The van der Waals surface area contributed by atoms with Gasteiger partial charge >= 0.3 is 6.18 Å². The summed E-state index contributed by atoms with van der Waals surface area (Å²) >= 11 is 0. The molecule has 0 aliphatic heterocycles. The number of aryl methyl sites for hydroxylation is 1. The molecule has 1 aliphatic rings. The zero-order valence-corrected chi connectivity index (χ0v) is 16.8. The van der Waals surface area contributed by atoms with E-state index in [9.17, 15) is 18.0 Å². The van der Waals surface area contributed by atoms with Gasteiger partial charge in [-0.25, -0.2) is 0 Å². The van der Waals surface area contributed by atoms with Crippen molar-refractivity contribution in [2.75, 3.05) is 5.32 Å². The number of rotatable bonds is 4. The summed E-state index contributed by atoms with van der Waals surface area (Å²) in [4.78, 5) is 16.7. The van der Waals surface area contributed by atoms with Crippen molar-refractivity contribution in [1.82, 2.24) is 4.98 Å². The van der Waals surface area contributed by atoms with Crippen molar-refractivity contribution in [3.8, 4) is 17.6 Å². The number of hydrogen-bond donors (Lipinski definition) is 1. The van der Waals surface area contributed by atoms with Gasteiger partial charge in [-0.2, -0.15) is 18.4 Å². The molecule has 1 unspecified atom stereocenters. The van der Waals surface area contributed by atoms with E-state index in [1.54, 1.807) is 30.6 Å². The summed E-state index contributed by atoms with van der Waals surface area (Å²) in [6, 6.07) is 13.7. The monoisotopic (exact) mass is 437 g/mol. The maximum absolute atomic E-state index is 13.1. The molecule has 1 aromatic heterocycles. The van der Waals surface area contributed by atoms with Crippen LogP contribution in [0.2, 0.25) is 0 Å². The Morgan fingerprint density at radius 1 is 1.06 bits per heavy atom. The standard InChI is InChI=1S/C24H18F3N3O2/c25-24(26,27)19-9-15(14-28)10-20(13-19)30-23(31)17-2-1-16-3-4-22(12-18(16)11-17)32-21-5-7-29-8-6-21/h3-10,12-13,17H,1-2,11H2,(H,30,31). The second-order valence-electron chi connectivity index (χ2n) is 7.55. The fourth-order valence-corrected chi connectivity index (χ4v) is 3.74. The summed E-state index contributed by atoms with van der Waals surface area (Å²) in [7, 11) is 0. The lowest BCUT2D eigenvalue weighted by Gasteiger charge is -2.24. The molecule has 0 spiro atoms. The molecule has 0 bridgehead atoms. The fraction of sp³-hybridized carbons (Fsp3) is 0.208. The van der Waals surface area contributed by atoms with Gasteiger partial charge in [-0.3, -0.25) is 9.78 Å². The van der Waals surface area contributed by atoms with Crippen molar-refractivity contribution in [2.45, 2.75) is 25.4 Å². The summed E-state index contributed by atoms with van der Waals surface area (Å²) < 4.78 is 45.1. The van der Waals surface area contributed by atoms with Crippen LogP contribution in [0.3, 0.4) is 0 Å². The Hall–Kier alpha value is -3.86. The zero-order chi connectivity index (χ0) is 22.7. The molecular formula is C24H18F3N3O2. The third-order valence-electron chi connectivity index (χ3n) is 5.32. The second-order valence-corrected chi connectivity index (χ2v) is 7.55. The van der Waals surface area contributed by atoms with Gasteiger partial charge in [0.2, 0.25) is 5.91 Å². The lowest BCUT2D eigenvalue weighted by molar-refractivity contribution is -0.137. The molecule has 4 rings (SSSR count). The number of ether oxygens (including phenoxy) is 1. The van der Waals surface area contributed by atoms with Gasteiger partial charge in [0.05, 0.1) is 17.2 Å². The first-order valence-corrected chi connectivity index (χ1v) is 9.95. The summed E-state index contributed by atoms with van der Waals surface area (Å²) in [5.41, 5.74) is 0.898. The Balaban J connectivity index is 1.49. The molecule has 1 atom stereocenters. The molecule has 162 valence electrons. The fourth-order valence-electron chi connectivity index (χ4n) is 3.74. The lowest BCUT2D eigenvalue weighted by atomic mass is 9.83. The second kappa shape index (κ2) is 8.71. The van der Waals surface area contributed by atoms with Crippen molar-refractivity contribution in [3.05, 3.63) is 83.2 Å². The SMILES string of the molecule is N#Cc1cc(NC(=O)C2CCc3ccc(Oc4ccncc4)cc3C2)cc(C(F)(F)F)c1. The van der Waals surface area contributed by atoms with Crippen LogP contribution in [0.15, 0.2) is 60.9 Å². The first-order valence-electron chi connectivity index (χ1n) is 9.95. The highest BCUT2D eigenvalue weighted by atomic mass is 19.4. The minimum atomic E-state index is -4.61. The normalized spacial score (nSPS) is 15.4. The number of nitriles is 1. The first-order chi connectivity index (χ1) is 15.3. The van der Waals surface area contributed by atoms with E-state index in [0.29, 0.717) is 30.8 Å². The Bertz CT molecular complexity index is 1190. The van der Waals surface area contributed by atoms with Crippen LogP contribution < -0.4 is 10.1 Å². The van der Waals surface area contributed by atoms with Gasteiger partial charge in [0.1, 0.15) is 11.5 Å². The number of carbonyl (C=O) groups is 1. The van der Waals surface area contributed by atoms with Crippen LogP contribution in [0, 0.1) is 17.2 Å². The Morgan fingerprint density at radius 2 is 1.84 bits per heavy atom. The van der Waals surface area contributed by atoms with E-state index < -0.39 is 17.7 Å². The van der Waals surface area contributed by atoms with E-state index in [-0.39, 0.29) is 17.2 Å². The Labute approximate surface area is 182 Å². The highest BCUT2D eigenvalue weighted by molar-refractivity contribution is 5.93. The van der Waals surface area contributed by atoms with Crippen LogP contribution in [-0.4, -0.2) is 10.9 Å². The number of amides is 1. The molecule has 3 aromatic rings. The van der Waals surface area contributed by atoms with Crippen molar-refractivity contribution in [1.29, 1.82) is 5.26 Å². The molecule has 5 nitrogen and oxygen atoms in total. The predicted octanol–water partition coefficient (Wildman–Crippen LogP) is 5.51. The minimum absolute atomic E-state index is 0.0399. The molecule has 32 heavy (non-hydrogen) atoms. The van der Waals surface area contributed by atoms with Gasteiger partial charge in [-0.05, 0) is 72.9 Å². The Morgan fingerprint density at radius 3 is 2.56 bits per heavy atom. The maximum atomic E-state index is 13.1. The lowest BCUT2D eigenvalue weighted by Crippen LogP contribution is -2.28. The molecule has 1 N–H and O–H groups in total. The highest BCUT2D eigenvalue weighted by Gasteiger charge is 2.32. The van der Waals surface area contributed by atoms with Gasteiger partial charge in [0.25, 0.3) is 0 Å². The van der Waals surface area contributed by atoms with Crippen LogP contribution in [0.1, 0.15) is 28.7 Å². The summed E-state index contributed by atoms with van der Waals surface area (Å²) in [6.45, 7) is 0. The third-order valence-corrected chi connectivity index (χ3v) is 5.32. The number of hydrogen-bond acceptors (Lipinski definition) is 4. The highest BCUT2D eigenvalue weighted by Crippen LogP contribution is 2.33. The van der Waals surface area contributed by atoms with Crippen molar-refractivity contribution in [3.63, 3.8) is 0 Å². The average molecular weight is 437 g/mol. The van der Waals surface area contributed by atoms with Crippen LogP contribution in [0.25, 0.3) is 0 Å². The van der Waals surface area contributed by atoms with Crippen molar-refractivity contribution >= 4 is 11.6 Å². The molecule has 1 aliphatic carbocycles. The summed E-state index contributed by atoms with van der Waals surface area (Å²) in [5, 5.41) is 11.6. The van der Waals surface area contributed by atoms with Crippen molar-refractivity contribution < 1.29 is 22.7 Å². The molecule has 0 radical (unpaired) electrons. The average Bonchev–Trinajstić information content (AvgIpc) is 2.78. The molecule has 1 heterocycles. The van der Waals surface area contributed by atoms with Crippen molar-refractivity contribution in [2.24, 2.45) is 5.92 Å². The van der Waals surface area contributed by atoms with Crippen LogP contribution in [0.5, 0.6) is 11.5 Å². The number of benzene rings is 2. The van der Waals surface area contributed by atoms with E-state index in [1.807, 2.05) is 18.2 Å². The summed E-state index contributed by atoms with van der Waals surface area (Å²) in [6.07, 6.45) is 0.335. The summed E-state index contributed by atoms with van der Waals surface area (Å²) in [5.74, 6) is 0.494. The number of aromatic nitrogens is 1.